The fourth-order valence-corrected chi connectivity index (χ4v) is 2.71. The topological polar surface area (TPSA) is 32.3 Å². The van der Waals surface area contributed by atoms with E-state index in [9.17, 15) is 4.79 Å². The standard InChI is InChI=1S/C15H30N2O/c1-5-8-13(4)15(18)17(12(2)3)11-14-9-6-7-10-16-14/h12-14,16H,5-11H2,1-4H3. The molecule has 0 bridgehead atoms. The van der Waals surface area contributed by atoms with E-state index in [4.69, 9.17) is 0 Å². The molecule has 2 unspecified atom stereocenters. The van der Waals surface area contributed by atoms with Gasteiger partial charge in [-0.15, -0.1) is 0 Å². The molecule has 1 fully saturated rings. The zero-order valence-corrected chi connectivity index (χ0v) is 12.5. The van der Waals surface area contributed by atoms with Crippen molar-refractivity contribution < 1.29 is 4.79 Å². The highest BCUT2D eigenvalue weighted by Crippen LogP contribution is 2.15. The highest BCUT2D eigenvalue weighted by molar-refractivity contribution is 5.78. The number of rotatable bonds is 6. The van der Waals surface area contributed by atoms with Crippen molar-refractivity contribution in [1.82, 2.24) is 10.2 Å². The summed E-state index contributed by atoms with van der Waals surface area (Å²) in [5, 5.41) is 3.54. The van der Waals surface area contributed by atoms with Gasteiger partial charge in [0.1, 0.15) is 0 Å². The second-order valence-corrected chi connectivity index (χ2v) is 5.92. The average molecular weight is 254 g/mol. The molecule has 1 rings (SSSR count). The summed E-state index contributed by atoms with van der Waals surface area (Å²) in [5.74, 6) is 0.500. The van der Waals surface area contributed by atoms with Crippen molar-refractivity contribution in [2.24, 2.45) is 5.92 Å². The Morgan fingerprint density at radius 3 is 2.56 bits per heavy atom. The number of hydrogen-bond donors (Lipinski definition) is 1. The van der Waals surface area contributed by atoms with E-state index >= 15 is 0 Å². The van der Waals surface area contributed by atoms with E-state index in [0.717, 1.165) is 25.9 Å². The molecule has 3 nitrogen and oxygen atoms in total. The maximum absolute atomic E-state index is 12.4. The van der Waals surface area contributed by atoms with Crippen LogP contribution in [0.5, 0.6) is 0 Å². The summed E-state index contributed by atoms with van der Waals surface area (Å²) in [4.78, 5) is 14.5. The number of nitrogens with one attached hydrogen (secondary N) is 1. The van der Waals surface area contributed by atoms with Crippen molar-refractivity contribution in [3.8, 4) is 0 Å². The normalized spacial score (nSPS) is 21.9. The van der Waals surface area contributed by atoms with Crippen LogP contribution in [-0.4, -0.2) is 36.0 Å². The van der Waals surface area contributed by atoms with E-state index < -0.39 is 0 Å². The van der Waals surface area contributed by atoms with Gasteiger partial charge < -0.3 is 10.2 Å². The SMILES string of the molecule is CCCC(C)C(=O)N(CC1CCCCN1)C(C)C. The van der Waals surface area contributed by atoms with Crippen LogP contribution in [0.4, 0.5) is 0 Å². The highest BCUT2D eigenvalue weighted by Gasteiger charge is 2.25. The van der Waals surface area contributed by atoms with Crippen molar-refractivity contribution in [2.45, 2.75) is 71.9 Å². The molecule has 3 heteroatoms. The molecule has 0 aromatic heterocycles. The lowest BCUT2D eigenvalue weighted by atomic mass is 10.0. The predicted octanol–water partition coefficient (Wildman–Crippen LogP) is 2.80. The van der Waals surface area contributed by atoms with Gasteiger partial charge in [0.2, 0.25) is 5.91 Å². The average Bonchev–Trinajstić information content (AvgIpc) is 2.36. The minimum atomic E-state index is 0.168. The molecule has 1 saturated heterocycles. The highest BCUT2D eigenvalue weighted by atomic mass is 16.2. The number of nitrogens with zero attached hydrogens (tertiary/aromatic N) is 1. The first-order valence-electron chi connectivity index (χ1n) is 7.60. The number of carbonyl (C=O) groups is 1. The molecule has 1 N–H and O–H groups in total. The molecular weight excluding hydrogens is 224 g/mol. The van der Waals surface area contributed by atoms with Gasteiger partial charge in [-0.3, -0.25) is 4.79 Å². The van der Waals surface area contributed by atoms with Gasteiger partial charge in [-0.2, -0.15) is 0 Å². The number of piperidine rings is 1. The molecule has 1 amide bonds. The van der Waals surface area contributed by atoms with Crippen LogP contribution in [-0.2, 0) is 4.79 Å². The van der Waals surface area contributed by atoms with Crippen molar-refractivity contribution in [1.29, 1.82) is 0 Å². The van der Waals surface area contributed by atoms with Gasteiger partial charge in [0.25, 0.3) is 0 Å². The molecule has 0 spiro atoms. The second-order valence-electron chi connectivity index (χ2n) is 5.92. The number of hydrogen-bond acceptors (Lipinski definition) is 2. The fraction of sp³-hybridized carbons (Fsp3) is 0.933. The van der Waals surface area contributed by atoms with Crippen LogP contribution in [0.15, 0.2) is 0 Å². The Morgan fingerprint density at radius 2 is 2.06 bits per heavy atom. The van der Waals surface area contributed by atoms with Gasteiger partial charge >= 0.3 is 0 Å². The van der Waals surface area contributed by atoms with Crippen molar-refractivity contribution in [3.05, 3.63) is 0 Å². The Hall–Kier alpha value is -0.570. The van der Waals surface area contributed by atoms with Gasteiger partial charge in [-0.25, -0.2) is 0 Å². The summed E-state index contributed by atoms with van der Waals surface area (Å²) in [6.45, 7) is 10.4. The Bertz CT molecular complexity index is 247. The first kappa shape index (κ1) is 15.5. The summed E-state index contributed by atoms with van der Waals surface area (Å²) in [6.07, 6.45) is 5.86. The molecule has 0 aliphatic carbocycles. The third-order valence-corrected chi connectivity index (χ3v) is 3.88. The largest absolute Gasteiger partial charge is 0.338 e. The molecule has 2 atom stereocenters. The molecule has 1 heterocycles. The zero-order chi connectivity index (χ0) is 13.5. The lowest BCUT2D eigenvalue weighted by Gasteiger charge is -2.34. The van der Waals surface area contributed by atoms with Crippen LogP contribution in [0, 0.1) is 5.92 Å². The van der Waals surface area contributed by atoms with Gasteiger partial charge in [0.15, 0.2) is 0 Å². The minimum Gasteiger partial charge on any atom is -0.338 e. The molecule has 106 valence electrons. The van der Waals surface area contributed by atoms with Gasteiger partial charge in [-0.1, -0.05) is 26.7 Å². The summed E-state index contributed by atoms with van der Waals surface area (Å²) in [6, 6.07) is 0.805. The molecule has 18 heavy (non-hydrogen) atoms. The number of amides is 1. The zero-order valence-electron chi connectivity index (χ0n) is 12.5. The van der Waals surface area contributed by atoms with E-state index in [2.05, 4.69) is 37.9 Å². The van der Waals surface area contributed by atoms with Crippen molar-refractivity contribution >= 4 is 5.91 Å². The van der Waals surface area contributed by atoms with Crippen LogP contribution in [0.3, 0.4) is 0 Å². The molecular formula is C15H30N2O. The van der Waals surface area contributed by atoms with Gasteiger partial charge in [0.05, 0.1) is 0 Å². The van der Waals surface area contributed by atoms with Gasteiger partial charge in [-0.05, 0) is 39.7 Å². The van der Waals surface area contributed by atoms with E-state index in [1.54, 1.807) is 0 Å². The van der Waals surface area contributed by atoms with Crippen molar-refractivity contribution in [3.63, 3.8) is 0 Å². The van der Waals surface area contributed by atoms with Crippen LogP contribution in [0.25, 0.3) is 0 Å². The minimum absolute atomic E-state index is 0.168. The Labute approximate surface area is 112 Å². The molecule has 0 saturated carbocycles. The van der Waals surface area contributed by atoms with E-state index in [1.165, 1.54) is 19.3 Å². The third kappa shape index (κ3) is 4.60. The maximum Gasteiger partial charge on any atom is 0.225 e. The van der Waals surface area contributed by atoms with Gasteiger partial charge in [0, 0.05) is 24.5 Å². The van der Waals surface area contributed by atoms with E-state index in [-0.39, 0.29) is 5.92 Å². The lowest BCUT2D eigenvalue weighted by molar-refractivity contribution is -0.137. The lowest BCUT2D eigenvalue weighted by Crippen LogP contribution is -2.49. The second kappa shape index (κ2) is 7.78. The van der Waals surface area contributed by atoms with Crippen LogP contribution in [0.1, 0.15) is 59.8 Å². The predicted molar refractivity (Wildman–Crippen MR) is 76.6 cm³/mol. The third-order valence-electron chi connectivity index (χ3n) is 3.88. The fourth-order valence-electron chi connectivity index (χ4n) is 2.71. The first-order chi connectivity index (χ1) is 8.56. The first-order valence-corrected chi connectivity index (χ1v) is 7.60. The monoisotopic (exact) mass is 254 g/mol. The Balaban J connectivity index is 2.55. The summed E-state index contributed by atoms with van der Waals surface area (Å²) in [5.41, 5.74) is 0. The Morgan fingerprint density at radius 1 is 1.33 bits per heavy atom. The maximum atomic E-state index is 12.4. The van der Waals surface area contributed by atoms with Crippen LogP contribution >= 0.6 is 0 Å². The molecule has 0 aromatic rings. The van der Waals surface area contributed by atoms with Crippen molar-refractivity contribution in [2.75, 3.05) is 13.1 Å². The molecule has 0 aromatic carbocycles. The quantitative estimate of drug-likeness (QED) is 0.790. The molecule has 1 aliphatic heterocycles. The molecule has 0 radical (unpaired) electrons. The Kier molecular flexibility index (Phi) is 6.69. The summed E-state index contributed by atoms with van der Waals surface area (Å²) in [7, 11) is 0. The smallest absolute Gasteiger partial charge is 0.225 e. The van der Waals surface area contributed by atoms with Crippen LogP contribution in [0.2, 0.25) is 0 Å². The van der Waals surface area contributed by atoms with E-state index in [0.29, 0.717) is 18.0 Å². The van der Waals surface area contributed by atoms with Crippen LogP contribution < -0.4 is 5.32 Å². The summed E-state index contributed by atoms with van der Waals surface area (Å²) >= 11 is 0. The van der Waals surface area contributed by atoms with E-state index in [1.807, 2.05) is 0 Å². The molecule has 1 aliphatic rings. The number of carbonyl (C=O) groups excluding carboxylic acids is 1. The summed E-state index contributed by atoms with van der Waals surface area (Å²) < 4.78 is 0.